The Morgan fingerprint density at radius 2 is 2.06 bits per heavy atom. The van der Waals surface area contributed by atoms with Crippen LogP contribution in [0, 0.1) is 20.8 Å². The fraction of sp³-hybridized carbons (Fsp3) is 0.385. The Labute approximate surface area is 111 Å². The van der Waals surface area contributed by atoms with Crippen molar-refractivity contribution in [2.75, 3.05) is 11.2 Å². The second kappa shape index (κ2) is 4.31. The molecule has 0 aliphatic carbocycles. The first-order valence-electron chi connectivity index (χ1n) is 6.03. The van der Waals surface area contributed by atoms with Crippen LogP contribution in [0.15, 0.2) is 23.4 Å². The van der Waals surface area contributed by atoms with Crippen molar-refractivity contribution in [3.63, 3.8) is 0 Å². The molecule has 4 nitrogen and oxygen atoms in total. The lowest BCUT2D eigenvalue weighted by Crippen LogP contribution is -2.28. The molecule has 3 rings (SSSR count). The first-order chi connectivity index (χ1) is 8.65. The summed E-state index contributed by atoms with van der Waals surface area (Å²) in [6.45, 7) is 6.27. The molecular weight excluding hydrogens is 244 g/mol. The van der Waals surface area contributed by atoms with Gasteiger partial charge in [0.2, 0.25) is 5.16 Å². The molecule has 1 N–H and O–H groups in total. The number of benzene rings is 1. The third kappa shape index (κ3) is 1.88. The molecule has 1 aliphatic heterocycles. The minimum atomic E-state index is 0.316. The van der Waals surface area contributed by atoms with Gasteiger partial charge in [-0.05, 0) is 37.5 Å². The van der Waals surface area contributed by atoms with Crippen molar-refractivity contribution in [1.29, 1.82) is 0 Å². The summed E-state index contributed by atoms with van der Waals surface area (Å²) >= 11 is 1.75. The van der Waals surface area contributed by atoms with E-state index < -0.39 is 0 Å². The maximum atomic E-state index is 4.13. The number of nitrogens with one attached hydrogen (secondary N) is 1. The fourth-order valence-electron chi connectivity index (χ4n) is 2.09. The molecule has 94 valence electrons. The van der Waals surface area contributed by atoms with Gasteiger partial charge in [-0.1, -0.05) is 30.0 Å². The molecule has 0 saturated heterocycles. The standard InChI is InChI=1S/C13H16N4S/c1-8-4-5-11(6-9(8)2)12-7-18-13-15-14-10(3)17(13)16-12/h4-6,12,16H,7H2,1-3H3/t12-/m1/s1. The van der Waals surface area contributed by atoms with Crippen LogP contribution in [0.2, 0.25) is 0 Å². The molecular formula is C13H16N4S. The zero-order chi connectivity index (χ0) is 12.7. The molecule has 2 aromatic rings. The van der Waals surface area contributed by atoms with Gasteiger partial charge < -0.3 is 5.43 Å². The van der Waals surface area contributed by atoms with Gasteiger partial charge in [-0.15, -0.1) is 10.2 Å². The molecule has 0 radical (unpaired) electrons. The highest BCUT2D eigenvalue weighted by Gasteiger charge is 2.22. The van der Waals surface area contributed by atoms with E-state index in [1.54, 1.807) is 11.8 Å². The van der Waals surface area contributed by atoms with E-state index in [1.807, 2.05) is 11.6 Å². The molecule has 0 amide bonds. The summed E-state index contributed by atoms with van der Waals surface area (Å²) in [6, 6.07) is 6.96. The number of aryl methyl sites for hydroxylation is 3. The maximum Gasteiger partial charge on any atom is 0.210 e. The Balaban J connectivity index is 1.91. The third-order valence-electron chi connectivity index (χ3n) is 3.39. The van der Waals surface area contributed by atoms with Gasteiger partial charge in [-0.2, -0.15) is 0 Å². The fourth-order valence-corrected chi connectivity index (χ4v) is 3.08. The van der Waals surface area contributed by atoms with Crippen LogP contribution in [0.5, 0.6) is 0 Å². The lowest BCUT2D eigenvalue weighted by Gasteiger charge is -2.26. The number of nitrogens with zero attached hydrogens (tertiary/aromatic N) is 3. The van der Waals surface area contributed by atoms with Crippen LogP contribution in [0.4, 0.5) is 0 Å². The van der Waals surface area contributed by atoms with E-state index in [4.69, 9.17) is 0 Å². The minimum Gasteiger partial charge on any atom is -0.314 e. The summed E-state index contributed by atoms with van der Waals surface area (Å²) in [6.07, 6.45) is 0. The Morgan fingerprint density at radius 1 is 1.22 bits per heavy atom. The van der Waals surface area contributed by atoms with Crippen molar-refractivity contribution >= 4 is 11.8 Å². The Bertz CT molecular complexity index is 591. The van der Waals surface area contributed by atoms with Gasteiger partial charge in [0.15, 0.2) is 0 Å². The maximum absolute atomic E-state index is 4.13. The van der Waals surface area contributed by atoms with E-state index >= 15 is 0 Å². The topological polar surface area (TPSA) is 42.7 Å². The van der Waals surface area contributed by atoms with Crippen molar-refractivity contribution in [2.24, 2.45) is 0 Å². The smallest absolute Gasteiger partial charge is 0.210 e. The first kappa shape index (κ1) is 11.6. The van der Waals surface area contributed by atoms with Gasteiger partial charge in [-0.3, -0.25) is 0 Å². The van der Waals surface area contributed by atoms with Gasteiger partial charge in [0.25, 0.3) is 0 Å². The molecule has 1 atom stereocenters. The number of rotatable bonds is 1. The van der Waals surface area contributed by atoms with Gasteiger partial charge in [0.1, 0.15) is 5.82 Å². The third-order valence-corrected chi connectivity index (χ3v) is 4.41. The van der Waals surface area contributed by atoms with Crippen molar-refractivity contribution < 1.29 is 0 Å². The van der Waals surface area contributed by atoms with Crippen LogP contribution in [-0.2, 0) is 0 Å². The quantitative estimate of drug-likeness (QED) is 0.856. The van der Waals surface area contributed by atoms with Crippen LogP contribution in [0.25, 0.3) is 0 Å². The zero-order valence-electron chi connectivity index (χ0n) is 10.8. The monoisotopic (exact) mass is 260 g/mol. The molecule has 18 heavy (non-hydrogen) atoms. The van der Waals surface area contributed by atoms with Gasteiger partial charge >= 0.3 is 0 Å². The van der Waals surface area contributed by atoms with Crippen LogP contribution in [-0.4, -0.2) is 20.6 Å². The molecule has 1 aromatic heterocycles. The number of aromatic nitrogens is 3. The van der Waals surface area contributed by atoms with E-state index in [1.165, 1.54) is 16.7 Å². The van der Waals surface area contributed by atoms with E-state index in [9.17, 15) is 0 Å². The van der Waals surface area contributed by atoms with Crippen LogP contribution < -0.4 is 5.43 Å². The number of hydrogen-bond acceptors (Lipinski definition) is 4. The highest BCUT2D eigenvalue weighted by atomic mass is 32.2. The Morgan fingerprint density at radius 3 is 2.83 bits per heavy atom. The van der Waals surface area contributed by atoms with Gasteiger partial charge in [0.05, 0.1) is 6.04 Å². The zero-order valence-corrected chi connectivity index (χ0v) is 11.6. The van der Waals surface area contributed by atoms with Gasteiger partial charge in [-0.25, -0.2) is 4.68 Å². The molecule has 1 aliphatic rings. The van der Waals surface area contributed by atoms with Crippen molar-refractivity contribution in [2.45, 2.75) is 32.0 Å². The molecule has 2 heterocycles. The summed E-state index contributed by atoms with van der Waals surface area (Å²) < 4.78 is 1.98. The van der Waals surface area contributed by atoms with E-state index in [0.29, 0.717) is 6.04 Å². The summed E-state index contributed by atoms with van der Waals surface area (Å²) in [7, 11) is 0. The summed E-state index contributed by atoms with van der Waals surface area (Å²) in [4.78, 5) is 0. The molecule has 1 aromatic carbocycles. The first-order valence-corrected chi connectivity index (χ1v) is 7.02. The SMILES string of the molecule is Cc1ccc([C@H]2CSc3nnc(C)n3N2)cc1C. The molecule has 0 fully saturated rings. The normalized spacial score (nSPS) is 18.3. The van der Waals surface area contributed by atoms with Crippen LogP contribution in [0.1, 0.15) is 28.6 Å². The highest BCUT2D eigenvalue weighted by molar-refractivity contribution is 7.99. The molecule has 0 saturated carbocycles. The molecule has 0 spiro atoms. The Hall–Kier alpha value is -1.49. The van der Waals surface area contributed by atoms with Crippen molar-refractivity contribution in [3.05, 3.63) is 40.7 Å². The second-order valence-corrected chi connectivity index (χ2v) is 5.69. The van der Waals surface area contributed by atoms with Crippen LogP contribution >= 0.6 is 11.8 Å². The van der Waals surface area contributed by atoms with Crippen molar-refractivity contribution in [3.8, 4) is 0 Å². The van der Waals surface area contributed by atoms with E-state index in [0.717, 1.165) is 16.7 Å². The summed E-state index contributed by atoms with van der Waals surface area (Å²) in [5.74, 6) is 1.90. The summed E-state index contributed by atoms with van der Waals surface area (Å²) in [5, 5.41) is 9.17. The van der Waals surface area contributed by atoms with Crippen molar-refractivity contribution in [1.82, 2.24) is 14.9 Å². The lowest BCUT2D eigenvalue weighted by molar-refractivity contribution is 0.645. The predicted octanol–water partition coefficient (Wildman–Crippen LogP) is 2.59. The number of fused-ring (bicyclic) bond motifs is 1. The number of hydrogen-bond donors (Lipinski definition) is 1. The average molecular weight is 260 g/mol. The van der Waals surface area contributed by atoms with E-state index in [2.05, 4.69) is 47.7 Å². The Kier molecular flexibility index (Phi) is 2.78. The largest absolute Gasteiger partial charge is 0.314 e. The van der Waals surface area contributed by atoms with Crippen LogP contribution in [0.3, 0.4) is 0 Å². The predicted molar refractivity (Wildman–Crippen MR) is 73.5 cm³/mol. The molecule has 0 unspecified atom stereocenters. The second-order valence-electron chi connectivity index (χ2n) is 4.70. The van der Waals surface area contributed by atoms with Gasteiger partial charge in [0, 0.05) is 5.75 Å². The summed E-state index contributed by atoms with van der Waals surface area (Å²) in [5.41, 5.74) is 7.48. The average Bonchev–Trinajstić information content (AvgIpc) is 2.74. The minimum absolute atomic E-state index is 0.316. The number of thioether (sulfide) groups is 1. The lowest BCUT2D eigenvalue weighted by atomic mass is 10.0. The van der Waals surface area contributed by atoms with E-state index in [-0.39, 0.29) is 0 Å². The molecule has 0 bridgehead atoms. The molecule has 5 heteroatoms. The highest BCUT2D eigenvalue weighted by Crippen LogP contribution is 2.30.